The summed E-state index contributed by atoms with van der Waals surface area (Å²) in [5.41, 5.74) is 3.18. The van der Waals surface area contributed by atoms with Gasteiger partial charge in [0.2, 0.25) is 0 Å². The Morgan fingerprint density at radius 1 is 1.24 bits per heavy atom. The number of carbonyl (C=O) groups is 1. The first-order valence-electron chi connectivity index (χ1n) is 8.87. The molecule has 0 amide bonds. The average Bonchev–Trinajstić information content (AvgIpc) is 2.61. The third-order valence-corrected chi connectivity index (χ3v) is 4.64. The van der Waals surface area contributed by atoms with Crippen LogP contribution in [0.2, 0.25) is 0 Å². The summed E-state index contributed by atoms with van der Waals surface area (Å²) < 4.78 is 61.3. The quantitative estimate of drug-likeness (QED) is 0.597. The van der Waals surface area contributed by atoms with Crippen molar-refractivity contribution in [2.24, 2.45) is 12.8 Å². The largest absolute Gasteiger partial charge is 0.466 e. The van der Waals surface area contributed by atoms with E-state index in [9.17, 15) is 27.2 Å². The van der Waals surface area contributed by atoms with E-state index < -0.39 is 40.7 Å². The van der Waals surface area contributed by atoms with Gasteiger partial charge in [0.1, 0.15) is 5.82 Å². The van der Waals surface area contributed by atoms with Gasteiger partial charge >= 0.3 is 12.1 Å². The number of rotatable bonds is 5. The minimum Gasteiger partial charge on any atom is -0.466 e. The Hall–Kier alpha value is -2.68. The molecule has 1 atom stereocenters. The van der Waals surface area contributed by atoms with E-state index in [0.29, 0.717) is 0 Å². The molecule has 0 spiro atoms. The molecule has 0 fully saturated rings. The molecule has 2 N–H and O–H groups in total. The van der Waals surface area contributed by atoms with Crippen LogP contribution in [0.1, 0.15) is 41.8 Å². The van der Waals surface area contributed by atoms with E-state index in [4.69, 9.17) is 10.5 Å². The lowest BCUT2D eigenvalue weighted by molar-refractivity contribution is -0.143. The number of ether oxygens (including phenoxy) is 1. The van der Waals surface area contributed by atoms with Gasteiger partial charge < -0.3 is 15.0 Å². The Balaban J connectivity index is 2.72. The molecule has 2 rings (SSSR count). The van der Waals surface area contributed by atoms with Crippen molar-refractivity contribution < 1.29 is 27.1 Å². The van der Waals surface area contributed by atoms with Crippen LogP contribution >= 0.6 is 0 Å². The van der Waals surface area contributed by atoms with Crippen LogP contribution in [0, 0.1) is 19.7 Å². The highest BCUT2D eigenvalue weighted by Gasteiger charge is 2.36. The second-order valence-corrected chi connectivity index (χ2v) is 6.75. The lowest BCUT2D eigenvalue weighted by Crippen LogP contribution is -2.26. The topological polar surface area (TPSA) is 74.3 Å². The predicted molar refractivity (Wildman–Crippen MR) is 99.7 cm³/mol. The summed E-state index contributed by atoms with van der Waals surface area (Å²) in [6, 6.07) is 1.98. The molecule has 0 saturated carbocycles. The van der Waals surface area contributed by atoms with Gasteiger partial charge in [0.25, 0.3) is 5.56 Å². The zero-order valence-corrected chi connectivity index (χ0v) is 16.5. The summed E-state index contributed by atoms with van der Waals surface area (Å²) in [5, 5.41) is 0. The van der Waals surface area contributed by atoms with E-state index in [-0.39, 0.29) is 35.4 Å². The van der Waals surface area contributed by atoms with E-state index in [2.05, 4.69) is 0 Å². The number of carbonyl (C=O) groups excluding carboxylic acids is 1. The maximum atomic E-state index is 14.6. The van der Waals surface area contributed by atoms with E-state index in [1.54, 1.807) is 6.92 Å². The number of esters is 1. The number of aryl methyl sites for hydroxylation is 2. The molecule has 158 valence electrons. The van der Waals surface area contributed by atoms with E-state index >= 15 is 0 Å². The lowest BCUT2D eigenvalue weighted by Gasteiger charge is -2.19. The molecule has 1 aromatic heterocycles. The smallest absolute Gasteiger partial charge is 0.417 e. The van der Waals surface area contributed by atoms with Crippen molar-refractivity contribution in [2.75, 3.05) is 6.61 Å². The molecular weight excluding hydrogens is 392 g/mol. The second-order valence-electron chi connectivity index (χ2n) is 6.75. The Kier molecular flexibility index (Phi) is 6.52. The first-order valence-corrected chi connectivity index (χ1v) is 8.87. The molecule has 0 aliphatic carbocycles. The van der Waals surface area contributed by atoms with Crippen molar-refractivity contribution in [3.8, 4) is 11.1 Å². The van der Waals surface area contributed by atoms with Crippen LogP contribution in [0.3, 0.4) is 0 Å². The summed E-state index contributed by atoms with van der Waals surface area (Å²) in [6.07, 6.45) is -5.14. The molecule has 0 radical (unpaired) electrons. The van der Waals surface area contributed by atoms with Gasteiger partial charge in [-0.05, 0) is 50.1 Å². The maximum Gasteiger partial charge on any atom is 0.417 e. The molecule has 9 heteroatoms. The molecule has 0 aliphatic heterocycles. The second kappa shape index (κ2) is 8.36. The minimum atomic E-state index is -4.79. The molecule has 0 aliphatic rings. The van der Waals surface area contributed by atoms with E-state index in [1.165, 1.54) is 20.9 Å². The fourth-order valence-corrected chi connectivity index (χ4v) is 3.04. The SMILES string of the molecule is CCOC(=O)CC(N)c1cc(-c2c(C(F)(F)F)cc(C)n(C)c2=O)cc(C)c1F. The van der Waals surface area contributed by atoms with Gasteiger partial charge in [-0.15, -0.1) is 0 Å². The molecule has 0 saturated heterocycles. The average molecular weight is 414 g/mol. The highest BCUT2D eigenvalue weighted by molar-refractivity contribution is 5.72. The third kappa shape index (κ3) is 4.67. The summed E-state index contributed by atoms with van der Waals surface area (Å²) in [7, 11) is 1.35. The number of pyridine rings is 1. The van der Waals surface area contributed by atoms with Crippen molar-refractivity contribution in [1.29, 1.82) is 0 Å². The number of benzene rings is 1. The van der Waals surface area contributed by atoms with Crippen molar-refractivity contribution in [3.05, 3.63) is 56.8 Å². The van der Waals surface area contributed by atoms with Gasteiger partial charge in [0.15, 0.2) is 0 Å². The van der Waals surface area contributed by atoms with Crippen molar-refractivity contribution in [3.63, 3.8) is 0 Å². The summed E-state index contributed by atoms with van der Waals surface area (Å²) >= 11 is 0. The lowest BCUT2D eigenvalue weighted by atomic mass is 9.93. The molecule has 2 aromatic rings. The standard InChI is InChI=1S/C20H22F4N2O3/c1-5-29-16(27)9-15(25)13-8-12(6-10(2)18(13)21)17-14(20(22,23)24)7-11(3)26(4)19(17)28/h6-8,15H,5,9,25H2,1-4H3. The molecule has 1 heterocycles. The van der Waals surface area contributed by atoms with Crippen molar-refractivity contribution in [2.45, 2.75) is 39.4 Å². The van der Waals surface area contributed by atoms with Crippen LogP contribution < -0.4 is 11.3 Å². The maximum absolute atomic E-state index is 14.6. The highest BCUT2D eigenvalue weighted by atomic mass is 19.4. The van der Waals surface area contributed by atoms with Gasteiger partial charge in [-0.3, -0.25) is 9.59 Å². The molecule has 29 heavy (non-hydrogen) atoms. The van der Waals surface area contributed by atoms with Gasteiger partial charge in [-0.2, -0.15) is 13.2 Å². The number of hydrogen-bond donors (Lipinski definition) is 1. The van der Waals surface area contributed by atoms with Crippen LogP contribution in [0.5, 0.6) is 0 Å². The Bertz CT molecular complexity index is 997. The van der Waals surface area contributed by atoms with Gasteiger partial charge in [0.05, 0.1) is 24.2 Å². The number of aromatic nitrogens is 1. The zero-order valence-electron chi connectivity index (χ0n) is 16.5. The normalized spacial score (nSPS) is 12.7. The number of nitrogens with zero attached hydrogens (tertiary/aromatic N) is 1. The monoisotopic (exact) mass is 414 g/mol. The summed E-state index contributed by atoms with van der Waals surface area (Å²) in [4.78, 5) is 24.3. The van der Waals surface area contributed by atoms with E-state index in [1.807, 2.05) is 0 Å². The zero-order chi connectivity index (χ0) is 22.1. The van der Waals surface area contributed by atoms with Crippen molar-refractivity contribution >= 4 is 5.97 Å². The Morgan fingerprint density at radius 2 is 1.86 bits per heavy atom. The fourth-order valence-electron chi connectivity index (χ4n) is 3.04. The number of hydrogen-bond acceptors (Lipinski definition) is 4. The van der Waals surface area contributed by atoms with Gasteiger partial charge in [-0.1, -0.05) is 0 Å². The van der Waals surface area contributed by atoms with Gasteiger partial charge in [0, 0.05) is 24.3 Å². The molecule has 1 aromatic carbocycles. The molecule has 5 nitrogen and oxygen atoms in total. The van der Waals surface area contributed by atoms with E-state index in [0.717, 1.165) is 22.8 Å². The molecule has 1 unspecified atom stereocenters. The highest BCUT2D eigenvalue weighted by Crippen LogP contribution is 2.37. The number of alkyl halides is 3. The van der Waals surface area contributed by atoms with Gasteiger partial charge in [-0.25, -0.2) is 4.39 Å². The number of nitrogens with two attached hydrogens (primary N) is 1. The van der Waals surface area contributed by atoms with Crippen molar-refractivity contribution in [1.82, 2.24) is 4.57 Å². The fraction of sp³-hybridized carbons (Fsp3) is 0.400. The van der Waals surface area contributed by atoms with Crippen LogP contribution in [0.25, 0.3) is 11.1 Å². The van der Waals surface area contributed by atoms with Crippen LogP contribution in [0.4, 0.5) is 17.6 Å². The molecule has 0 bridgehead atoms. The minimum absolute atomic E-state index is 0.00700. The Morgan fingerprint density at radius 3 is 2.41 bits per heavy atom. The van der Waals surface area contributed by atoms with Crippen LogP contribution in [-0.2, 0) is 22.8 Å². The first-order chi connectivity index (χ1) is 13.4. The van der Waals surface area contributed by atoms with Crippen LogP contribution in [0.15, 0.2) is 23.0 Å². The predicted octanol–water partition coefficient (Wildman–Crippen LogP) is 3.78. The summed E-state index contributed by atoms with van der Waals surface area (Å²) in [6.45, 7) is 4.45. The summed E-state index contributed by atoms with van der Waals surface area (Å²) in [5.74, 6) is -1.41. The molecular formula is C20H22F4N2O3. The third-order valence-electron chi connectivity index (χ3n) is 4.64. The number of halogens is 4. The Labute approximate surface area is 165 Å². The van der Waals surface area contributed by atoms with Crippen LogP contribution in [-0.4, -0.2) is 17.1 Å². The first kappa shape index (κ1) is 22.6.